The van der Waals surface area contributed by atoms with Crippen LogP contribution in [0.1, 0.15) is 38.1 Å². The molecule has 4 heteroatoms. The number of hydrogen-bond acceptors (Lipinski definition) is 2. The van der Waals surface area contributed by atoms with Crippen molar-refractivity contribution in [1.82, 2.24) is 9.78 Å². The highest BCUT2D eigenvalue weighted by molar-refractivity contribution is 9.10. The second kappa shape index (κ2) is 5.66. The van der Waals surface area contributed by atoms with Gasteiger partial charge >= 0.3 is 0 Å². The number of nitrogens with zero attached hydrogens (tertiary/aromatic N) is 2. The van der Waals surface area contributed by atoms with Gasteiger partial charge in [-0.1, -0.05) is 0 Å². The first-order valence-electron chi connectivity index (χ1n) is 5.53. The Morgan fingerprint density at radius 1 is 1.53 bits per heavy atom. The van der Waals surface area contributed by atoms with Gasteiger partial charge in [0.1, 0.15) is 0 Å². The van der Waals surface area contributed by atoms with Gasteiger partial charge in [0.15, 0.2) is 0 Å². The molecule has 0 amide bonds. The van der Waals surface area contributed by atoms with Crippen LogP contribution in [-0.2, 0) is 13.0 Å². The molecule has 1 aromatic heterocycles. The van der Waals surface area contributed by atoms with Crippen molar-refractivity contribution in [2.75, 3.05) is 0 Å². The topological polar surface area (TPSA) is 43.8 Å². The zero-order valence-corrected chi connectivity index (χ0v) is 11.3. The minimum atomic E-state index is 0.294. The quantitative estimate of drug-likeness (QED) is 0.897. The van der Waals surface area contributed by atoms with E-state index in [1.807, 2.05) is 6.92 Å². The molecule has 0 saturated heterocycles. The molecular weight excluding hydrogens is 254 g/mol. The summed E-state index contributed by atoms with van der Waals surface area (Å²) in [7, 11) is 0. The highest BCUT2D eigenvalue weighted by atomic mass is 79.9. The van der Waals surface area contributed by atoms with Crippen LogP contribution in [0.3, 0.4) is 0 Å². The molecule has 0 aliphatic carbocycles. The zero-order valence-electron chi connectivity index (χ0n) is 9.76. The van der Waals surface area contributed by atoms with Crippen LogP contribution in [0.25, 0.3) is 0 Å². The molecule has 0 fully saturated rings. The van der Waals surface area contributed by atoms with E-state index in [2.05, 4.69) is 39.6 Å². The van der Waals surface area contributed by atoms with Crippen molar-refractivity contribution >= 4 is 15.9 Å². The van der Waals surface area contributed by atoms with Crippen molar-refractivity contribution in [2.24, 2.45) is 5.73 Å². The van der Waals surface area contributed by atoms with Crippen molar-refractivity contribution in [1.29, 1.82) is 0 Å². The fraction of sp³-hybridized carbons (Fsp3) is 0.727. The van der Waals surface area contributed by atoms with Gasteiger partial charge in [0.25, 0.3) is 0 Å². The molecule has 1 heterocycles. The first-order chi connectivity index (χ1) is 7.06. The average molecular weight is 274 g/mol. The SMILES string of the molecule is CCn1nc(C)c(Br)c1CCCC(C)N. The summed E-state index contributed by atoms with van der Waals surface area (Å²) in [5.74, 6) is 0. The minimum absolute atomic E-state index is 0.294. The van der Waals surface area contributed by atoms with Crippen molar-refractivity contribution in [3.63, 3.8) is 0 Å². The molecule has 0 aromatic carbocycles. The predicted molar refractivity (Wildman–Crippen MR) is 66.9 cm³/mol. The van der Waals surface area contributed by atoms with Crippen LogP contribution in [0.2, 0.25) is 0 Å². The van der Waals surface area contributed by atoms with Crippen molar-refractivity contribution in [3.05, 3.63) is 15.9 Å². The van der Waals surface area contributed by atoms with Gasteiger partial charge in [0.2, 0.25) is 0 Å². The standard InChI is InChI=1S/C11H20BrN3/c1-4-15-10(7-5-6-8(2)13)11(12)9(3)14-15/h8H,4-7,13H2,1-3H3. The highest BCUT2D eigenvalue weighted by Gasteiger charge is 2.11. The van der Waals surface area contributed by atoms with E-state index in [9.17, 15) is 0 Å². The molecule has 0 spiro atoms. The second-order valence-electron chi connectivity index (χ2n) is 4.03. The molecule has 3 nitrogen and oxygen atoms in total. The molecule has 1 atom stereocenters. The van der Waals surface area contributed by atoms with Crippen LogP contribution >= 0.6 is 15.9 Å². The van der Waals surface area contributed by atoms with Crippen LogP contribution in [-0.4, -0.2) is 15.8 Å². The molecule has 1 aromatic rings. The summed E-state index contributed by atoms with van der Waals surface area (Å²) in [6.07, 6.45) is 3.25. The fourth-order valence-corrected chi connectivity index (χ4v) is 2.18. The maximum Gasteiger partial charge on any atom is 0.0738 e. The number of nitrogens with two attached hydrogens (primary N) is 1. The van der Waals surface area contributed by atoms with Gasteiger partial charge in [-0.15, -0.1) is 0 Å². The van der Waals surface area contributed by atoms with Gasteiger partial charge in [-0.25, -0.2) is 0 Å². The third kappa shape index (κ3) is 3.31. The van der Waals surface area contributed by atoms with E-state index in [0.717, 1.165) is 36.0 Å². The first-order valence-corrected chi connectivity index (χ1v) is 6.33. The van der Waals surface area contributed by atoms with Crippen molar-refractivity contribution < 1.29 is 0 Å². The third-order valence-electron chi connectivity index (χ3n) is 2.53. The monoisotopic (exact) mass is 273 g/mol. The smallest absolute Gasteiger partial charge is 0.0738 e. The summed E-state index contributed by atoms with van der Waals surface area (Å²) in [4.78, 5) is 0. The van der Waals surface area contributed by atoms with Crippen LogP contribution in [0, 0.1) is 6.92 Å². The molecule has 2 N–H and O–H groups in total. The number of hydrogen-bond donors (Lipinski definition) is 1. The van der Waals surface area contributed by atoms with Gasteiger partial charge in [-0.3, -0.25) is 4.68 Å². The summed E-state index contributed by atoms with van der Waals surface area (Å²) >= 11 is 3.59. The van der Waals surface area contributed by atoms with Crippen molar-refractivity contribution in [2.45, 2.75) is 52.6 Å². The number of halogens is 1. The summed E-state index contributed by atoms with van der Waals surface area (Å²) in [5.41, 5.74) is 8.11. The second-order valence-corrected chi connectivity index (χ2v) is 4.82. The average Bonchev–Trinajstić information content (AvgIpc) is 2.44. The Morgan fingerprint density at radius 2 is 2.20 bits per heavy atom. The Morgan fingerprint density at radius 3 is 2.73 bits per heavy atom. The lowest BCUT2D eigenvalue weighted by molar-refractivity contribution is 0.574. The fourth-order valence-electron chi connectivity index (χ4n) is 1.70. The molecule has 0 aliphatic rings. The van der Waals surface area contributed by atoms with E-state index in [1.54, 1.807) is 0 Å². The van der Waals surface area contributed by atoms with Gasteiger partial charge in [-0.2, -0.15) is 5.10 Å². The van der Waals surface area contributed by atoms with Crippen LogP contribution in [0.5, 0.6) is 0 Å². The Bertz CT molecular complexity index is 318. The third-order valence-corrected chi connectivity index (χ3v) is 3.56. The molecule has 1 rings (SSSR count). The molecule has 0 bridgehead atoms. The first kappa shape index (κ1) is 12.7. The van der Waals surface area contributed by atoms with E-state index in [1.165, 1.54) is 5.69 Å². The normalized spacial score (nSPS) is 13.1. The largest absolute Gasteiger partial charge is 0.328 e. The minimum Gasteiger partial charge on any atom is -0.328 e. The summed E-state index contributed by atoms with van der Waals surface area (Å²) < 4.78 is 3.23. The van der Waals surface area contributed by atoms with Gasteiger partial charge < -0.3 is 5.73 Å². The molecule has 1 unspecified atom stereocenters. The Kier molecular flexibility index (Phi) is 4.80. The van der Waals surface area contributed by atoms with Crippen molar-refractivity contribution in [3.8, 4) is 0 Å². The Balaban J connectivity index is 2.66. The molecule has 0 aliphatic heterocycles. The van der Waals surface area contributed by atoms with E-state index in [0.29, 0.717) is 6.04 Å². The Hall–Kier alpha value is -0.350. The predicted octanol–water partition coefficient (Wildman–Crippen LogP) is 2.64. The molecule has 86 valence electrons. The zero-order chi connectivity index (χ0) is 11.4. The number of aryl methyl sites for hydroxylation is 2. The van der Waals surface area contributed by atoms with Gasteiger partial charge in [0.05, 0.1) is 15.9 Å². The molecular formula is C11H20BrN3. The highest BCUT2D eigenvalue weighted by Crippen LogP contribution is 2.22. The van der Waals surface area contributed by atoms with E-state index in [-0.39, 0.29) is 0 Å². The molecule has 15 heavy (non-hydrogen) atoms. The van der Waals surface area contributed by atoms with Crippen LogP contribution in [0.15, 0.2) is 4.47 Å². The summed E-state index contributed by atoms with van der Waals surface area (Å²) in [6.45, 7) is 7.14. The number of aromatic nitrogens is 2. The maximum absolute atomic E-state index is 5.74. The number of rotatable bonds is 5. The van der Waals surface area contributed by atoms with Gasteiger partial charge in [-0.05, 0) is 56.0 Å². The maximum atomic E-state index is 5.74. The summed E-state index contributed by atoms with van der Waals surface area (Å²) in [6, 6.07) is 0.294. The molecule has 0 radical (unpaired) electrons. The lowest BCUT2D eigenvalue weighted by Gasteiger charge is -2.07. The Labute approximate surface area is 100 Å². The molecule has 0 saturated carbocycles. The lowest BCUT2D eigenvalue weighted by Crippen LogP contribution is -2.15. The van der Waals surface area contributed by atoms with E-state index in [4.69, 9.17) is 5.73 Å². The van der Waals surface area contributed by atoms with E-state index >= 15 is 0 Å². The summed E-state index contributed by atoms with van der Waals surface area (Å²) in [5, 5.41) is 4.46. The lowest BCUT2D eigenvalue weighted by atomic mass is 10.1. The van der Waals surface area contributed by atoms with Crippen LogP contribution < -0.4 is 5.73 Å². The van der Waals surface area contributed by atoms with Gasteiger partial charge in [0, 0.05) is 12.6 Å². The van der Waals surface area contributed by atoms with Crippen LogP contribution in [0.4, 0.5) is 0 Å². The van der Waals surface area contributed by atoms with E-state index < -0.39 is 0 Å².